The van der Waals surface area contributed by atoms with E-state index >= 15 is 0 Å². The largest absolute Gasteiger partial charge is 0.493 e. The molecule has 0 radical (unpaired) electrons. The van der Waals surface area contributed by atoms with Crippen molar-refractivity contribution in [3.63, 3.8) is 0 Å². The third-order valence-electron chi connectivity index (χ3n) is 4.65. The van der Waals surface area contributed by atoms with Crippen LogP contribution in [0.25, 0.3) is 0 Å². The maximum Gasteiger partial charge on any atom is 0.181 e. The van der Waals surface area contributed by atoms with Gasteiger partial charge in [0.1, 0.15) is 11.9 Å². The van der Waals surface area contributed by atoms with E-state index < -0.39 is 0 Å². The third kappa shape index (κ3) is 2.60. The Balaban J connectivity index is 2.12. The standard InChI is InChI=1S/C19H22O3/c1-11-7-13-8-12(2)18-17(13)16(21)9-14(22-18)10-19(3,4)6-5-15(11)20/h5-9,12,17-18H,10H2,1-4H3/b6-5+,11-7-/t12-,17?,18+/m0/s1. The van der Waals surface area contributed by atoms with Gasteiger partial charge in [-0.2, -0.15) is 0 Å². The molecule has 0 saturated heterocycles. The summed E-state index contributed by atoms with van der Waals surface area (Å²) in [6.45, 7) is 7.96. The lowest BCUT2D eigenvalue weighted by Gasteiger charge is -2.33. The van der Waals surface area contributed by atoms with Crippen molar-refractivity contribution in [2.75, 3.05) is 0 Å². The SMILES string of the molecule is C/C1=C/C2=C[C@H](C)[C@H]3OC(=CC(=O)C23)CC(C)(C)/C=C/C1=O. The van der Waals surface area contributed by atoms with Crippen molar-refractivity contribution in [3.8, 4) is 0 Å². The van der Waals surface area contributed by atoms with Crippen molar-refractivity contribution in [2.45, 2.75) is 40.2 Å². The fourth-order valence-corrected chi connectivity index (χ4v) is 3.45. The first-order valence-corrected chi connectivity index (χ1v) is 7.81. The fourth-order valence-electron chi connectivity index (χ4n) is 3.45. The smallest absolute Gasteiger partial charge is 0.181 e. The van der Waals surface area contributed by atoms with Crippen LogP contribution < -0.4 is 0 Å². The number of rotatable bonds is 0. The number of fused-ring (bicyclic) bond motifs is 5. The third-order valence-corrected chi connectivity index (χ3v) is 4.65. The summed E-state index contributed by atoms with van der Waals surface area (Å²) in [7, 11) is 0. The van der Waals surface area contributed by atoms with Gasteiger partial charge in [0.15, 0.2) is 11.6 Å². The first kappa shape index (κ1) is 15.0. The molecule has 116 valence electrons. The molecular formula is C19H22O3. The van der Waals surface area contributed by atoms with E-state index in [4.69, 9.17) is 4.74 Å². The maximum atomic E-state index is 12.6. The highest BCUT2D eigenvalue weighted by Gasteiger charge is 2.43. The van der Waals surface area contributed by atoms with Crippen LogP contribution in [0.15, 0.2) is 47.3 Å². The molecule has 3 nitrogen and oxygen atoms in total. The second-order valence-electron chi connectivity index (χ2n) is 7.29. The zero-order valence-corrected chi connectivity index (χ0v) is 13.6. The van der Waals surface area contributed by atoms with E-state index in [1.807, 2.05) is 26.0 Å². The van der Waals surface area contributed by atoms with Crippen molar-refractivity contribution in [1.82, 2.24) is 0 Å². The lowest BCUT2D eigenvalue weighted by atomic mass is 9.83. The summed E-state index contributed by atoms with van der Waals surface area (Å²) in [6.07, 6.45) is 9.59. The van der Waals surface area contributed by atoms with Crippen molar-refractivity contribution >= 4 is 11.6 Å². The van der Waals surface area contributed by atoms with E-state index in [1.165, 1.54) is 0 Å². The van der Waals surface area contributed by atoms with Crippen LogP contribution in [0, 0.1) is 17.3 Å². The molecule has 0 amide bonds. The Hall–Kier alpha value is -1.90. The van der Waals surface area contributed by atoms with Gasteiger partial charge >= 0.3 is 0 Å². The molecule has 3 heteroatoms. The summed E-state index contributed by atoms with van der Waals surface area (Å²) < 4.78 is 6.13. The van der Waals surface area contributed by atoms with E-state index in [2.05, 4.69) is 13.0 Å². The van der Waals surface area contributed by atoms with Crippen LogP contribution >= 0.6 is 0 Å². The number of carbonyl (C=O) groups is 2. The zero-order valence-electron chi connectivity index (χ0n) is 13.6. The van der Waals surface area contributed by atoms with Gasteiger partial charge in [-0.15, -0.1) is 0 Å². The number of carbonyl (C=O) groups excluding carboxylic acids is 2. The number of hydrogen-bond donors (Lipinski definition) is 0. The van der Waals surface area contributed by atoms with Crippen molar-refractivity contribution < 1.29 is 14.3 Å². The fraction of sp³-hybridized carbons (Fsp3) is 0.474. The zero-order chi connectivity index (χ0) is 16.1. The van der Waals surface area contributed by atoms with E-state index in [0.29, 0.717) is 12.0 Å². The molecule has 0 aromatic heterocycles. The molecule has 4 rings (SSSR count). The maximum absolute atomic E-state index is 12.6. The normalized spacial score (nSPS) is 37.3. The molecule has 22 heavy (non-hydrogen) atoms. The van der Waals surface area contributed by atoms with Gasteiger partial charge in [0.05, 0.1) is 5.92 Å². The molecule has 0 spiro atoms. The minimum atomic E-state index is -0.270. The first-order valence-electron chi connectivity index (χ1n) is 7.81. The van der Waals surface area contributed by atoms with Crippen molar-refractivity contribution in [1.29, 1.82) is 0 Å². The molecule has 0 aromatic carbocycles. The number of ether oxygens (including phenoxy) is 1. The highest BCUT2D eigenvalue weighted by molar-refractivity contribution is 6.04. The molecule has 2 aliphatic carbocycles. The second kappa shape index (κ2) is 5.08. The molecule has 0 fully saturated rings. The molecule has 0 aromatic rings. The van der Waals surface area contributed by atoms with E-state index in [0.717, 1.165) is 11.3 Å². The summed E-state index contributed by atoms with van der Waals surface area (Å²) in [5, 5.41) is 0. The van der Waals surface area contributed by atoms with Crippen LogP contribution in [0.1, 0.15) is 34.1 Å². The monoisotopic (exact) mass is 298 g/mol. The van der Waals surface area contributed by atoms with Gasteiger partial charge in [0, 0.05) is 18.4 Å². The molecular weight excluding hydrogens is 276 g/mol. The second-order valence-corrected chi connectivity index (χ2v) is 7.29. The molecule has 4 aliphatic rings. The summed E-state index contributed by atoms with van der Waals surface area (Å²) in [4.78, 5) is 24.8. The highest BCUT2D eigenvalue weighted by atomic mass is 16.5. The minimum absolute atomic E-state index is 0.00359. The topological polar surface area (TPSA) is 43.4 Å². The predicted molar refractivity (Wildman–Crippen MR) is 85.0 cm³/mol. The van der Waals surface area contributed by atoms with Crippen molar-refractivity contribution in [3.05, 3.63) is 47.3 Å². The minimum Gasteiger partial charge on any atom is -0.493 e. The number of hydrogen-bond acceptors (Lipinski definition) is 3. The van der Waals surface area contributed by atoms with Gasteiger partial charge in [-0.3, -0.25) is 9.59 Å². The Labute approximate surface area is 131 Å². The number of ketones is 2. The van der Waals surface area contributed by atoms with Crippen LogP contribution in [0.2, 0.25) is 0 Å². The summed E-state index contributed by atoms with van der Waals surface area (Å²) in [5.74, 6) is 0.732. The number of allylic oxidation sites excluding steroid dienone is 6. The van der Waals surface area contributed by atoms with Gasteiger partial charge < -0.3 is 4.74 Å². The molecule has 2 heterocycles. The first-order chi connectivity index (χ1) is 10.3. The molecule has 4 bridgehead atoms. The summed E-state index contributed by atoms with van der Waals surface area (Å²) >= 11 is 0. The molecule has 2 aliphatic heterocycles. The predicted octanol–water partition coefficient (Wildman–Crippen LogP) is 3.53. The van der Waals surface area contributed by atoms with Gasteiger partial charge in [-0.1, -0.05) is 39.0 Å². The summed E-state index contributed by atoms with van der Waals surface area (Å²) in [5.41, 5.74) is 1.35. The van der Waals surface area contributed by atoms with Crippen LogP contribution in [-0.4, -0.2) is 17.7 Å². The van der Waals surface area contributed by atoms with Gasteiger partial charge in [0.2, 0.25) is 0 Å². The van der Waals surface area contributed by atoms with Crippen LogP contribution in [-0.2, 0) is 14.3 Å². The van der Waals surface area contributed by atoms with E-state index in [1.54, 1.807) is 19.1 Å². The quantitative estimate of drug-likeness (QED) is 0.687. The molecule has 1 unspecified atom stereocenters. The molecule has 0 N–H and O–H groups in total. The van der Waals surface area contributed by atoms with Crippen LogP contribution in [0.3, 0.4) is 0 Å². The Morgan fingerprint density at radius 2 is 1.95 bits per heavy atom. The Morgan fingerprint density at radius 1 is 1.23 bits per heavy atom. The Kier molecular flexibility index (Phi) is 3.47. The average molecular weight is 298 g/mol. The Morgan fingerprint density at radius 3 is 2.68 bits per heavy atom. The molecule has 3 atom stereocenters. The lowest BCUT2D eigenvalue weighted by molar-refractivity contribution is -0.123. The van der Waals surface area contributed by atoms with E-state index in [-0.39, 0.29) is 34.9 Å². The van der Waals surface area contributed by atoms with Crippen molar-refractivity contribution in [2.24, 2.45) is 17.3 Å². The van der Waals surface area contributed by atoms with E-state index in [9.17, 15) is 9.59 Å². The Bertz CT molecular complexity index is 658. The van der Waals surface area contributed by atoms with Gasteiger partial charge in [-0.25, -0.2) is 0 Å². The lowest BCUT2D eigenvalue weighted by Crippen LogP contribution is -2.35. The van der Waals surface area contributed by atoms with Gasteiger partial charge in [0.25, 0.3) is 0 Å². The summed E-state index contributed by atoms with van der Waals surface area (Å²) in [6, 6.07) is 0. The molecule has 0 saturated carbocycles. The van der Waals surface area contributed by atoms with Crippen LogP contribution in [0.5, 0.6) is 0 Å². The van der Waals surface area contributed by atoms with Crippen LogP contribution in [0.4, 0.5) is 0 Å². The van der Waals surface area contributed by atoms with Gasteiger partial charge in [-0.05, 0) is 29.6 Å². The average Bonchev–Trinajstić information content (AvgIpc) is 2.71. The highest BCUT2D eigenvalue weighted by Crippen LogP contribution is 2.42.